The molecule has 0 bridgehead atoms. The number of anilines is 2. The van der Waals surface area contributed by atoms with Crippen molar-refractivity contribution < 1.29 is 0 Å². The molecular formula is C20H23N7. The van der Waals surface area contributed by atoms with Crippen LogP contribution in [0.1, 0.15) is 0 Å². The van der Waals surface area contributed by atoms with Crippen LogP contribution in [0.25, 0.3) is 16.7 Å². The van der Waals surface area contributed by atoms with Crippen LogP contribution in [-0.2, 0) is 6.54 Å². The minimum atomic E-state index is 0.619. The molecule has 4 aromatic heterocycles. The van der Waals surface area contributed by atoms with E-state index in [9.17, 15) is 0 Å². The Hall–Kier alpha value is -3.06. The number of hydrogen-bond acceptors (Lipinski definition) is 5. The van der Waals surface area contributed by atoms with E-state index in [1.165, 1.54) is 5.82 Å². The number of rotatable bonds is 4. The van der Waals surface area contributed by atoms with Crippen LogP contribution in [0.3, 0.4) is 0 Å². The van der Waals surface area contributed by atoms with E-state index >= 15 is 0 Å². The molecule has 4 aromatic rings. The van der Waals surface area contributed by atoms with E-state index in [1.54, 1.807) is 0 Å². The van der Waals surface area contributed by atoms with E-state index in [0.29, 0.717) is 6.54 Å². The predicted octanol–water partition coefficient (Wildman–Crippen LogP) is 1.97. The summed E-state index contributed by atoms with van der Waals surface area (Å²) in [5.74, 6) is 2.24. The Bertz CT molecular complexity index is 1070. The monoisotopic (exact) mass is 361 g/mol. The molecule has 0 aliphatic carbocycles. The SMILES string of the molecule is NCCn1ccc2ccc(N3CCN(c4cccc5nccn45)CC3)nc21. The van der Waals surface area contributed by atoms with Crippen molar-refractivity contribution in [3.05, 3.63) is 55.0 Å². The second-order valence-electron chi connectivity index (χ2n) is 6.89. The number of pyridine rings is 2. The van der Waals surface area contributed by atoms with Gasteiger partial charge in [0.2, 0.25) is 0 Å². The summed E-state index contributed by atoms with van der Waals surface area (Å²) in [4.78, 5) is 14.1. The molecule has 0 aromatic carbocycles. The van der Waals surface area contributed by atoms with Gasteiger partial charge in [0.15, 0.2) is 0 Å². The third kappa shape index (κ3) is 2.80. The van der Waals surface area contributed by atoms with Gasteiger partial charge in [0.05, 0.1) is 0 Å². The molecule has 0 saturated carbocycles. The maximum atomic E-state index is 5.72. The quantitative estimate of drug-likeness (QED) is 0.602. The Morgan fingerprint density at radius 2 is 1.78 bits per heavy atom. The zero-order valence-electron chi connectivity index (χ0n) is 15.2. The van der Waals surface area contributed by atoms with Crippen molar-refractivity contribution in [1.29, 1.82) is 0 Å². The molecular weight excluding hydrogens is 338 g/mol. The molecule has 0 atom stereocenters. The Kier molecular flexibility index (Phi) is 3.94. The van der Waals surface area contributed by atoms with Crippen LogP contribution in [0, 0.1) is 0 Å². The lowest BCUT2D eigenvalue weighted by Gasteiger charge is -2.36. The highest BCUT2D eigenvalue weighted by Crippen LogP contribution is 2.23. The van der Waals surface area contributed by atoms with Crippen molar-refractivity contribution in [2.24, 2.45) is 5.73 Å². The zero-order chi connectivity index (χ0) is 18.2. The van der Waals surface area contributed by atoms with Gasteiger partial charge in [-0.25, -0.2) is 9.97 Å². The van der Waals surface area contributed by atoms with Crippen LogP contribution in [-0.4, -0.2) is 51.7 Å². The number of nitrogens with two attached hydrogens (primary N) is 1. The first-order valence-corrected chi connectivity index (χ1v) is 9.41. The molecule has 0 amide bonds. The molecule has 27 heavy (non-hydrogen) atoms. The summed E-state index contributed by atoms with van der Waals surface area (Å²) < 4.78 is 4.29. The summed E-state index contributed by atoms with van der Waals surface area (Å²) in [6, 6.07) is 12.7. The summed E-state index contributed by atoms with van der Waals surface area (Å²) in [5, 5.41) is 1.16. The fourth-order valence-electron chi connectivity index (χ4n) is 3.90. The lowest BCUT2D eigenvalue weighted by atomic mass is 10.2. The fraction of sp³-hybridized carbons (Fsp3) is 0.300. The van der Waals surface area contributed by atoms with Crippen molar-refractivity contribution in [2.75, 3.05) is 42.5 Å². The summed E-state index contributed by atoms with van der Waals surface area (Å²) in [5.41, 5.74) is 7.73. The highest BCUT2D eigenvalue weighted by atomic mass is 15.3. The lowest BCUT2D eigenvalue weighted by molar-refractivity contribution is 0.639. The van der Waals surface area contributed by atoms with E-state index < -0.39 is 0 Å². The second-order valence-corrected chi connectivity index (χ2v) is 6.89. The van der Waals surface area contributed by atoms with Gasteiger partial charge in [-0.05, 0) is 30.3 Å². The van der Waals surface area contributed by atoms with Crippen LogP contribution >= 0.6 is 0 Å². The Morgan fingerprint density at radius 3 is 2.63 bits per heavy atom. The zero-order valence-corrected chi connectivity index (χ0v) is 15.2. The molecule has 0 spiro atoms. The Balaban J connectivity index is 1.36. The number of imidazole rings is 1. The van der Waals surface area contributed by atoms with Gasteiger partial charge < -0.3 is 20.1 Å². The van der Waals surface area contributed by atoms with Crippen LogP contribution in [0.4, 0.5) is 11.6 Å². The van der Waals surface area contributed by atoms with Gasteiger partial charge in [-0.1, -0.05) is 6.07 Å². The van der Waals surface area contributed by atoms with Crippen LogP contribution in [0.15, 0.2) is 55.0 Å². The number of piperazine rings is 1. The molecule has 138 valence electrons. The van der Waals surface area contributed by atoms with Crippen LogP contribution < -0.4 is 15.5 Å². The van der Waals surface area contributed by atoms with Gasteiger partial charge in [-0.2, -0.15) is 0 Å². The second kappa shape index (κ2) is 6.59. The normalized spacial score (nSPS) is 15.1. The third-order valence-corrected chi connectivity index (χ3v) is 5.30. The molecule has 7 nitrogen and oxygen atoms in total. The Labute approximate surface area is 157 Å². The Morgan fingerprint density at radius 1 is 0.926 bits per heavy atom. The molecule has 0 unspecified atom stereocenters. The molecule has 1 aliphatic rings. The summed E-state index contributed by atoms with van der Waals surface area (Å²) >= 11 is 0. The van der Waals surface area contributed by atoms with Crippen molar-refractivity contribution in [3.63, 3.8) is 0 Å². The number of aromatic nitrogens is 4. The van der Waals surface area contributed by atoms with E-state index in [1.807, 2.05) is 18.5 Å². The van der Waals surface area contributed by atoms with Gasteiger partial charge in [-0.15, -0.1) is 0 Å². The van der Waals surface area contributed by atoms with E-state index in [4.69, 9.17) is 10.7 Å². The van der Waals surface area contributed by atoms with E-state index in [2.05, 4.69) is 60.3 Å². The summed E-state index contributed by atoms with van der Waals surface area (Å²) in [6.07, 6.45) is 5.95. The first-order chi connectivity index (χ1) is 13.3. The molecule has 1 fully saturated rings. The highest BCUT2D eigenvalue weighted by Gasteiger charge is 2.20. The van der Waals surface area contributed by atoms with Crippen molar-refractivity contribution >= 4 is 28.3 Å². The van der Waals surface area contributed by atoms with Crippen LogP contribution in [0.5, 0.6) is 0 Å². The first-order valence-electron chi connectivity index (χ1n) is 9.41. The largest absolute Gasteiger partial charge is 0.354 e. The number of hydrogen-bond donors (Lipinski definition) is 1. The molecule has 2 N–H and O–H groups in total. The average Bonchev–Trinajstić information content (AvgIpc) is 3.35. The van der Waals surface area contributed by atoms with E-state index in [0.717, 1.165) is 55.2 Å². The average molecular weight is 361 g/mol. The standard InChI is InChI=1S/C20H23N7/c21-7-10-26-9-6-16-4-5-18(23-20(16)26)24-12-14-25(15-13-24)19-3-1-2-17-22-8-11-27(17)19/h1-6,8-9,11H,7,10,12-15,21H2. The van der Waals surface area contributed by atoms with Crippen LogP contribution in [0.2, 0.25) is 0 Å². The first kappa shape index (κ1) is 16.1. The van der Waals surface area contributed by atoms with Crippen molar-refractivity contribution in [1.82, 2.24) is 18.9 Å². The summed E-state index contributed by atoms with van der Waals surface area (Å²) in [7, 11) is 0. The molecule has 1 saturated heterocycles. The molecule has 1 aliphatic heterocycles. The minimum absolute atomic E-state index is 0.619. The van der Waals surface area contributed by atoms with Gasteiger partial charge in [0.1, 0.15) is 22.9 Å². The van der Waals surface area contributed by atoms with E-state index in [-0.39, 0.29) is 0 Å². The maximum Gasteiger partial charge on any atom is 0.142 e. The molecule has 7 heteroatoms. The molecule has 5 heterocycles. The number of fused-ring (bicyclic) bond motifs is 2. The van der Waals surface area contributed by atoms with Crippen molar-refractivity contribution in [2.45, 2.75) is 6.54 Å². The smallest absolute Gasteiger partial charge is 0.142 e. The lowest BCUT2D eigenvalue weighted by Crippen LogP contribution is -2.47. The maximum absolute atomic E-state index is 5.72. The van der Waals surface area contributed by atoms with Gasteiger partial charge >= 0.3 is 0 Å². The molecule has 0 radical (unpaired) electrons. The molecule has 5 rings (SSSR count). The minimum Gasteiger partial charge on any atom is -0.354 e. The van der Waals surface area contributed by atoms with Gasteiger partial charge in [0.25, 0.3) is 0 Å². The van der Waals surface area contributed by atoms with Gasteiger partial charge in [0, 0.05) is 63.2 Å². The highest BCUT2D eigenvalue weighted by molar-refractivity contribution is 5.78. The summed E-state index contributed by atoms with van der Waals surface area (Å²) in [6.45, 7) is 5.22. The van der Waals surface area contributed by atoms with Crippen molar-refractivity contribution in [3.8, 4) is 0 Å². The number of nitrogens with zero attached hydrogens (tertiary/aromatic N) is 6. The fourth-order valence-corrected chi connectivity index (χ4v) is 3.90. The predicted molar refractivity (Wildman–Crippen MR) is 108 cm³/mol. The topological polar surface area (TPSA) is 67.6 Å². The third-order valence-electron chi connectivity index (χ3n) is 5.30. The van der Waals surface area contributed by atoms with Gasteiger partial charge in [-0.3, -0.25) is 4.40 Å².